The Morgan fingerprint density at radius 1 is 1.62 bits per heavy atom. The zero-order valence-electron chi connectivity index (χ0n) is 7.93. The molecule has 0 aliphatic heterocycles. The highest BCUT2D eigenvalue weighted by molar-refractivity contribution is 7.73. The van der Waals surface area contributed by atoms with E-state index in [2.05, 4.69) is 11.9 Å². The van der Waals surface area contributed by atoms with E-state index in [-0.39, 0.29) is 0 Å². The molecule has 2 rings (SSSR count). The van der Waals surface area contributed by atoms with Crippen LogP contribution in [0.2, 0.25) is 0 Å². The van der Waals surface area contributed by atoms with E-state index >= 15 is 0 Å². The first-order valence-electron chi connectivity index (χ1n) is 5.00. The van der Waals surface area contributed by atoms with Gasteiger partial charge in [-0.3, -0.25) is 0 Å². The van der Waals surface area contributed by atoms with E-state index in [4.69, 9.17) is 12.2 Å². The number of aryl methyl sites for hydroxylation is 1. The van der Waals surface area contributed by atoms with Gasteiger partial charge in [-0.05, 0) is 37.4 Å². The van der Waals surface area contributed by atoms with Crippen molar-refractivity contribution in [3.05, 3.63) is 14.5 Å². The molecule has 1 aromatic heterocycles. The molecular weight excluding hydrogens is 198 g/mol. The number of aromatic amines is 1. The predicted octanol–water partition coefficient (Wildman–Crippen LogP) is 3.71. The SMILES string of the molecule is CCCC1CCc2[nH]c(=S)sc2C1. The molecule has 1 unspecified atom stereocenters. The zero-order valence-corrected chi connectivity index (χ0v) is 9.56. The van der Waals surface area contributed by atoms with E-state index in [1.165, 1.54) is 42.7 Å². The minimum Gasteiger partial charge on any atom is -0.341 e. The molecule has 0 saturated heterocycles. The average molecular weight is 213 g/mol. The molecule has 0 bridgehead atoms. The van der Waals surface area contributed by atoms with Crippen LogP contribution in [0.4, 0.5) is 0 Å². The van der Waals surface area contributed by atoms with Crippen LogP contribution in [-0.4, -0.2) is 4.98 Å². The molecule has 0 spiro atoms. The van der Waals surface area contributed by atoms with Crippen molar-refractivity contribution in [2.24, 2.45) is 5.92 Å². The third kappa shape index (κ3) is 2.02. The summed E-state index contributed by atoms with van der Waals surface area (Å²) in [5.41, 5.74) is 1.42. The van der Waals surface area contributed by atoms with Crippen LogP contribution in [0.5, 0.6) is 0 Å². The maximum atomic E-state index is 5.15. The van der Waals surface area contributed by atoms with Gasteiger partial charge in [0.2, 0.25) is 0 Å². The van der Waals surface area contributed by atoms with Crippen LogP contribution < -0.4 is 0 Å². The monoisotopic (exact) mass is 213 g/mol. The highest BCUT2D eigenvalue weighted by Gasteiger charge is 2.19. The van der Waals surface area contributed by atoms with Crippen molar-refractivity contribution in [1.29, 1.82) is 0 Å². The highest BCUT2D eigenvalue weighted by Crippen LogP contribution is 2.30. The molecule has 0 fully saturated rings. The van der Waals surface area contributed by atoms with Crippen LogP contribution in [0.3, 0.4) is 0 Å². The van der Waals surface area contributed by atoms with Gasteiger partial charge in [-0.25, -0.2) is 0 Å². The van der Waals surface area contributed by atoms with Gasteiger partial charge in [0.15, 0.2) is 3.95 Å². The molecule has 1 N–H and O–H groups in total. The lowest BCUT2D eigenvalue weighted by Crippen LogP contribution is -2.12. The number of hydrogen-bond acceptors (Lipinski definition) is 2. The molecule has 72 valence electrons. The van der Waals surface area contributed by atoms with Crippen molar-refractivity contribution in [2.75, 3.05) is 0 Å². The summed E-state index contributed by atoms with van der Waals surface area (Å²) in [5.74, 6) is 0.916. The molecule has 13 heavy (non-hydrogen) atoms. The van der Waals surface area contributed by atoms with Crippen molar-refractivity contribution in [3.63, 3.8) is 0 Å². The molecule has 0 saturated carbocycles. The second kappa shape index (κ2) is 3.93. The number of rotatable bonds is 2. The Balaban J connectivity index is 2.14. The standard InChI is InChI=1S/C10H15NS2/c1-2-3-7-4-5-8-9(6-7)13-10(12)11-8/h7H,2-6H2,1H3,(H,11,12). The summed E-state index contributed by atoms with van der Waals surface area (Å²) in [6, 6.07) is 0. The van der Waals surface area contributed by atoms with Gasteiger partial charge in [0.25, 0.3) is 0 Å². The molecule has 1 atom stereocenters. The molecule has 0 aromatic carbocycles. The zero-order chi connectivity index (χ0) is 9.26. The van der Waals surface area contributed by atoms with Crippen LogP contribution in [0.25, 0.3) is 0 Å². The molecular formula is C10H15NS2. The van der Waals surface area contributed by atoms with E-state index in [0.29, 0.717) is 0 Å². The van der Waals surface area contributed by atoms with Crippen molar-refractivity contribution < 1.29 is 0 Å². The van der Waals surface area contributed by atoms with E-state index in [1.807, 2.05) is 0 Å². The van der Waals surface area contributed by atoms with E-state index in [0.717, 1.165) is 9.87 Å². The number of thiazole rings is 1. The van der Waals surface area contributed by atoms with Crippen LogP contribution in [0.1, 0.15) is 36.8 Å². The predicted molar refractivity (Wildman–Crippen MR) is 59.9 cm³/mol. The smallest absolute Gasteiger partial charge is 0.158 e. The molecule has 1 heterocycles. The third-order valence-corrected chi connectivity index (χ3v) is 4.08. The Hall–Kier alpha value is -0.150. The Bertz CT molecular complexity index is 337. The maximum absolute atomic E-state index is 5.15. The quantitative estimate of drug-likeness (QED) is 0.740. The van der Waals surface area contributed by atoms with Crippen molar-refractivity contribution in [3.8, 4) is 0 Å². The number of hydrogen-bond donors (Lipinski definition) is 1. The van der Waals surface area contributed by atoms with E-state index in [1.54, 1.807) is 11.3 Å². The van der Waals surface area contributed by atoms with Crippen LogP contribution in [0, 0.1) is 9.87 Å². The van der Waals surface area contributed by atoms with Crippen LogP contribution >= 0.6 is 23.6 Å². The molecule has 1 nitrogen and oxygen atoms in total. The topological polar surface area (TPSA) is 15.8 Å². The Labute approximate surface area is 88.2 Å². The summed E-state index contributed by atoms with van der Waals surface area (Å²) in [5, 5.41) is 0. The summed E-state index contributed by atoms with van der Waals surface area (Å²) in [6.45, 7) is 2.27. The minimum atomic E-state index is 0.916. The number of H-pyrrole nitrogens is 1. The van der Waals surface area contributed by atoms with Gasteiger partial charge in [0.05, 0.1) is 0 Å². The van der Waals surface area contributed by atoms with Crippen molar-refractivity contribution >= 4 is 23.6 Å². The molecule has 0 radical (unpaired) electrons. The normalized spacial score (nSPS) is 21.5. The van der Waals surface area contributed by atoms with Gasteiger partial charge in [-0.15, -0.1) is 11.3 Å². The van der Waals surface area contributed by atoms with Gasteiger partial charge in [-0.2, -0.15) is 0 Å². The van der Waals surface area contributed by atoms with Gasteiger partial charge < -0.3 is 4.98 Å². The third-order valence-electron chi connectivity index (χ3n) is 2.78. The van der Waals surface area contributed by atoms with Crippen LogP contribution in [0.15, 0.2) is 0 Å². The maximum Gasteiger partial charge on any atom is 0.158 e. The van der Waals surface area contributed by atoms with E-state index < -0.39 is 0 Å². The molecule has 1 aliphatic carbocycles. The largest absolute Gasteiger partial charge is 0.341 e. The first-order valence-corrected chi connectivity index (χ1v) is 6.23. The molecule has 3 heteroatoms. The highest BCUT2D eigenvalue weighted by atomic mass is 32.1. The Morgan fingerprint density at radius 2 is 2.46 bits per heavy atom. The Kier molecular flexibility index (Phi) is 2.84. The van der Waals surface area contributed by atoms with E-state index in [9.17, 15) is 0 Å². The number of fused-ring (bicyclic) bond motifs is 1. The second-order valence-electron chi connectivity index (χ2n) is 3.81. The average Bonchev–Trinajstić information content (AvgIpc) is 2.44. The fraction of sp³-hybridized carbons (Fsp3) is 0.700. The summed E-state index contributed by atoms with van der Waals surface area (Å²) in [7, 11) is 0. The fourth-order valence-electron chi connectivity index (χ4n) is 2.13. The first-order chi connectivity index (χ1) is 6.29. The summed E-state index contributed by atoms with van der Waals surface area (Å²) in [4.78, 5) is 4.82. The van der Waals surface area contributed by atoms with Gasteiger partial charge >= 0.3 is 0 Å². The van der Waals surface area contributed by atoms with Gasteiger partial charge in [0.1, 0.15) is 0 Å². The lowest BCUT2D eigenvalue weighted by Gasteiger charge is -2.20. The van der Waals surface area contributed by atoms with Gasteiger partial charge in [0, 0.05) is 10.6 Å². The summed E-state index contributed by atoms with van der Waals surface area (Å²) >= 11 is 6.93. The summed E-state index contributed by atoms with van der Waals surface area (Å²) < 4.78 is 0.960. The summed E-state index contributed by atoms with van der Waals surface area (Å²) in [6.07, 6.45) is 6.52. The lowest BCUT2D eigenvalue weighted by molar-refractivity contribution is 0.423. The number of nitrogens with one attached hydrogen (secondary N) is 1. The minimum absolute atomic E-state index is 0.916. The van der Waals surface area contributed by atoms with Crippen molar-refractivity contribution in [1.82, 2.24) is 4.98 Å². The van der Waals surface area contributed by atoms with Crippen LogP contribution in [-0.2, 0) is 12.8 Å². The second-order valence-corrected chi connectivity index (χ2v) is 5.59. The lowest BCUT2D eigenvalue weighted by atomic mass is 9.88. The molecule has 1 aromatic rings. The Morgan fingerprint density at radius 3 is 3.23 bits per heavy atom. The van der Waals surface area contributed by atoms with Gasteiger partial charge in [-0.1, -0.05) is 19.8 Å². The molecule has 1 aliphatic rings. The fourth-order valence-corrected chi connectivity index (χ4v) is 3.54. The van der Waals surface area contributed by atoms with Crippen molar-refractivity contribution in [2.45, 2.75) is 39.0 Å². The number of aromatic nitrogens is 1. The first kappa shape index (κ1) is 9.41. The molecule has 0 amide bonds.